The Balaban J connectivity index is 2.19. The van der Waals surface area contributed by atoms with Crippen LogP contribution in [0.25, 0.3) is 22.5 Å². The van der Waals surface area contributed by atoms with Crippen molar-refractivity contribution in [1.29, 1.82) is 0 Å². The van der Waals surface area contributed by atoms with E-state index in [0.717, 1.165) is 16.1 Å². The van der Waals surface area contributed by atoms with Gasteiger partial charge < -0.3 is 14.0 Å². The molecule has 0 spiro atoms. The molecule has 0 bridgehead atoms. The molecule has 2 aromatic heterocycles. The van der Waals surface area contributed by atoms with Crippen molar-refractivity contribution < 1.29 is 18.8 Å². The lowest BCUT2D eigenvalue weighted by molar-refractivity contribution is 0.0697. The predicted octanol–water partition coefficient (Wildman–Crippen LogP) is 3.55. The third-order valence-corrected chi connectivity index (χ3v) is 3.00. The molecule has 0 fully saturated rings. The number of furan rings is 1. The van der Waals surface area contributed by atoms with Gasteiger partial charge in [-0.05, 0) is 24.3 Å². The molecule has 0 radical (unpaired) electrons. The first kappa shape index (κ1) is 11.0. The molecular formula is C12H6BrNO4. The first-order valence-electron chi connectivity index (χ1n) is 5.02. The Kier molecular flexibility index (Phi) is 2.45. The molecule has 2 heterocycles. The Morgan fingerprint density at radius 2 is 2.17 bits per heavy atom. The van der Waals surface area contributed by atoms with Crippen molar-refractivity contribution in [2.75, 3.05) is 0 Å². The SMILES string of the molecule is O=C(O)c1cnoc1-c1cc2ccc(Br)cc2o1. The second-order valence-electron chi connectivity index (χ2n) is 3.67. The number of carboxylic acids is 1. The van der Waals surface area contributed by atoms with Crippen LogP contribution in [0.2, 0.25) is 0 Å². The van der Waals surface area contributed by atoms with E-state index >= 15 is 0 Å². The number of hydrogen-bond donors (Lipinski definition) is 1. The van der Waals surface area contributed by atoms with Crippen LogP contribution in [0.4, 0.5) is 0 Å². The quantitative estimate of drug-likeness (QED) is 0.783. The third kappa shape index (κ3) is 1.70. The van der Waals surface area contributed by atoms with Gasteiger partial charge in [-0.2, -0.15) is 0 Å². The van der Waals surface area contributed by atoms with Gasteiger partial charge >= 0.3 is 5.97 Å². The summed E-state index contributed by atoms with van der Waals surface area (Å²) < 4.78 is 11.4. The number of benzene rings is 1. The minimum Gasteiger partial charge on any atom is -0.477 e. The Labute approximate surface area is 109 Å². The Morgan fingerprint density at radius 1 is 1.33 bits per heavy atom. The highest BCUT2D eigenvalue weighted by Crippen LogP contribution is 2.31. The van der Waals surface area contributed by atoms with Gasteiger partial charge in [-0.1, -0.05) is 21.1 Å². The van der Waals surface area contributed by atoms with Crippen molar-refractivity contribution in [2.45, 2.75) is 0 Å². The van der Waals surface area contributed by atoms with Crippen LogP contribution in [-0.4, -0.2) is 16.2 Å². The molecule has 0 atom stereocenters. The van der Waals surface area contributed by atoms with Gasteiger partial charge in [0, 0.05) is 9.86 Å². The van der Waals surface area contributed by atoms with E-state index in [2.05, 4.69) is 21.1 Å². The second-order valence-corrected chi connectivity index (χ2v) is 4.58. The van der Waals surface area contributed by atoms with Gasteiger partial charge in [0.15, 0.2) is 5.76 Å². The van der Waals surface area contributed by atoms with Crippen LogP contribution in [0, 0.1) is 0 Å². The number of carbonyl (C=O) groups is 1. The molecule has 3 aromatic rings. The number of fused-ring (bicyclic) bond motifs is 1. The van der Waals surface area contributed by atoms with Crippen molar-refractivity contribution in [2.24, 2.45) is 0 Å². The minimum absolute atomic E-state index is 0.0203. The molecular weight excluding hydrogens is 302 g/mol. The average molecular weight is 308 g/mol. The molecule has 0 saturated heterocycles. The maximum Gasteiger partial charge on any atom is 0.341 e. The first-order valence-corrected chi connectivity index (χ1v) is 5.82. The number of aromatic carboxylic acids is 1. The number of carboxylic acid groups (broad SMARTS) is 1. The zero-order valence-corrected chi connectivity index (χ0v) is 10.5. The molecule has 90 valence electrons. The van der Waals surface area contributed by atoms with Gasteiger partial charge in [0.1, 0.15) is 11.1 Å². The molecule has 0 aliphatic carbocycles. The topological polar surface area (TPSA) is 76.5 Å². The zero-order chi connectivity index (χ0) is 12.7. The number of hydrogen-bond acceptors (Lipinski definition) is 4. The van der Waals surface area contributed by atoms with Crippen molar-refractivity contribution in [3.63, 3.8) is 0 Å². The van der Waals surface area contributed by atoms with Crippen LogP contribution in [-0.2, 0) is 0 Å². The smallest absolute Gasteiger partial charge is 0.341 e. The van der Waals surface area contributed by atoms with E-state index in [-0.39, 0.29) is 11.3 Å². The fourth-order valence-corrected chi connectivity index (χ4v) is 2.03. The summed E-state index contributed by atoms with van der Waals surface area (Å²) in [7, 11) is 0. The molecule has 1 N–H and O–H groups in total. The highest BCUT2D eigenvalue weighted by molar-refractivity contribution is 9.10. The first-order chi connectivity index (χ1) is 8.65. The lowest BCUT2D eigenvalue weighted by Gasteiger charge is -1.91. The summed E-state index contributed by atoms with van der Waals surface area (Å²) in [6.07, 6.45) is 1.15. The maximum atomic E-state index is 11.0. The van der Waals surface area contributed by atoms with Gasteiger partial charge in [-0.25, -0.2) is 4.79 Å². The van der Waals surface area contributed by atoms with Crippen molar-refractivity contribution in [3.8, 4) is 11.5 Å². The largest absolute Gasteiger partial charge is 0.477 e. The summed E-state index contributed by atoms with van der Waals surface area (Å²) in [5.41, 5.74) is 0.625. The van der Waals surface area contributed by atoms with Crippen LogP contribution in [0.1, 0.15) is 10.4 Å². The normalized spacial score (nSPS) is 10.9. The highest BCUT2D eigenvalue weighted by atomic mass is 79.9. The Bertz CT molecular complexity index is 743. The van der Waals surface area contributed by atoms with Gasteiger partial charge in [0.25, 0.3) is 0 Å². The van der Waals surface area contributed by atoms with E-state index in [9.17, 15) is 4.79 Å². The van der Waals surface area contributed by atoms with Gasteiger partial charge in [-0.3, -0.25) is 0 Å². The Hall–Kier alpha value is -2.08. The van der Waals surface area contributed by atoms with E-state index in [1.54, 1.807) is 12.1 Å². The fourth-order valence-electron chi connectivity index (χ4n) is 1.69. The molecule has 6 heteroatoms. The van der Waals surface area contributed by atoms with Crippen molar-refractivity contribution >= 4 is 32.9 Å². The van der Waals surface area contributed by atoms with Crippen LogP contribution < -0.4 is 0 Å². The minimum atomic E-state index is -1.10. The van der Waals surface area contributed by atoms with Crippen LogP contribution in [0.3, 0.4) is 0 Å². The molecule has 18 heavy (non-hydrogen) atoms. The van der Waals surface area contributed by atoms with E-state index in [1.807, 2.05) is 12.1 Å². The molecule has 0 amide bonds. The molecule has 5 nitrogen and oxygen atoms in total. The van der Waals surface area contributed by atoms with Crippen molar-refractivity contribution in [3.05, 3.63) is 40.5 Å². The molecule has 1 aromatic carbocycles. The molecule has 0 unspecified atom stereocenters. The second kappa shape index (κ2) is 3.99. The van der Waals surface area contributed by atoms with Crippen LogP contribution >= 0.6 is 15.9 Å². The molecule has 0 aliphatic rings. The standard InChI is InChI=1S/C12H6BrNO4/c13-7-2-1-6-3-10(17-9(6)4-7)11-8(12(15)16)5-14-18-11/h1-5H,(H,15,16). The summed E-state index contributed by atoms with van der Waals surface area (Å²) in [5.74, 6) is -0.638. The summed E-state index contributed by atoms with van der Waals surface area (Å²) in [5, 5.41) is 13.3. The summed E-state index contributed by atoms with van der Waals surface area (Å²) >= 11 is 3.34. The number of rotatable bonds is 2. The lowest BCUT2D eigenvalue weighted by atomic mass is 10.2. The van der Waals surface area contributed by atoms with E-state index in [4.69, 9.17) is 14.0 Å². The number of nitrogens with zero attached hydrogens (tertiary/aromatic N) is 1. The fraction of sp³-hybridized carbons (Fsp3) is 0. The van der Waals surface area contributed by atoms with E-state index in [0.29, 0.717) is 11.3 Å². The third-order valence-electron chi connectivity index (χ3n) is 2.51. The van der Waals surface area contributed by atoms with E-state index in [1.165, 1.54) is 0 Å². The van der Waals surface area contributed by atoms with Crippen LogP contribution in [0.5, 0.6) is 0 Å². The molecule has 3 rings (SSSR count). The monoisotopic (exact) mass is 307 g/mol. The Morgan fingerprint density at radius 3 is 2.94 bits per heavy atom. The number of halogens is 1. The molecule has 0 aliphatic heterocycles. The average Bonchev–Trinajstić information content (AvgIpc) is 2.93. The van der Waals surface area contributed by atoms with Gasteiger partial charge in [-0.15, -0.1) is 0 Å². The maximum absolute atomic E-state index is 11.0. The summed E-state index contributed by atoms with van der Waals surface area (Å²) in [6, 6.07) is 7.26. The molecule has 0 saturated carbocycles. The van der Waals surface area contributed by atoms with E-state index < -0.39 is 5.97 Å². The summed E-state index contributed by atoms with van der Waals surface area (Å²) in [4.78, 5) is 11.0. The van der Waals surface area contributed by atoms with Crippen molar-refractivity contribution in [1.82, 2.24) is 5.16 Å². The predicted molar refractivity (Wildman–Crippen MR) is 66.4 cm³/mol. The lowest BCUT2D eigenvalue weighted by Crippen LogP contribution is -1.95. The number of aromatic nitrogens is 1. The van der Waals surface area contributed by atoms with Gasteiger partial charge in [0.05, 0.1) is 6.20 Å². The zero-order valence-electron chi connectivity index (χ0n) is 8.88. The van der Waals surface area contributed by atoms with Gasteiger partial charge in [0.2, 0.25) is 5.76 Å². The summed E-state index contributed by atoms with van der Waals surface area (Å²) in [6.45, 7) is 0. The van der Waals surface area contributed by atoms with Crippen LogP contribution in [0.15, 0.2) is 43.9 Å². The highest BCUT2D eigenvalue weighted by Gasteiger charge is 2.20.